The molecule has 0 bridgehead atoms. The number of carboxylic acids is 1. The molecule has 1 atom stereocenters. The lowest BCUT2D eigenvalue weighted by molar-refractivity contribution is -0.134. The highest BCUT2D eigenvalue weighted by Crippen LogP contribution is 2.18. The third kappa shape index (κ3) is 3.22. The van der Waals surface area contributed by atoms with Crippen LogP contribution in [0.3, 0.4) is 0 Å². The Morgan fingerprint density at radius 3 is 2.38 bits per heavy atom. The van der Waals surface area contributed by atoms with Crippen molar-refractivity contribution in [2.75, 3.05) is 13.1 Å². The molecule has 0 radical (unpaired) electrons. The molecule has 1 amide bonds. The lowest BCUT2D eigenvalue weighted by Gasteiger charge is -2.24. The minimum Gasteiger partial charge on any atom is -0.476 e. The first-order chi connectivity index (χ1) is 10.1. The van der Waals surface area contributed by atoms with Gasteiger partial charge in [0.1, 0.15) is 6.04 Å². The molecule has 1 fully saturated rings. The third-order valence-electron chi connectivity index (χ3n) is 3.97. The van der Waals surface area contributed by atoms with E-state index in [1.807, 2.05) is 11.8 Å². The monoisotopic (exact) mass is 294 g/mol. The van der Waals surface area contributed by atoms with Crippen molar-refractivity contribution in [2.45, 2.75) is 52.0 Å². The molecule has 2 heterocycles. The zero-order valence-corrected chi connectivity index (χ0v) is 12.6. The molecule has 0 aliphatic carbocycles. The normalized spacial score (nSPS) is 17.3. The zero-order chi connectivity index (χ0) is 15.4. The van der Waals surface area contributed by atoms with E-state index in [9.17, 15) is 9.59 Å². The smallest absolute Gasteiger partial charge is 0.358 e. The van der Waals surface area contributed by atoms with E-state index >= 15 is 0 Å². The van der Waals surface area contributed by atoms with Gasteiger partial charge in [0, 0.05) is 13.1 Å². The van der Waals surface area contributed by atoms with Gasteiger partial charge in [-0.25, -0.2) is 9.48 Å². The van der Waals surface area contributed by atoms with Crippen molar-refractivity contribution in [3.63, 3.8) is 0 Å². The Hall–Kier alpha value is -1.92. The van der Waals surface area contributed by atoms with Gasteiger partial charge in [0.2, 0.25) is 5.91 Å². The second-order valence-electron chi connectivity index (χ2n) is 5.40. The molecule has 1 aromatic heterocycles. The fourth-order valence-corrected chi connectivity index (χ4v) is 2.78. The van der Waals surface area contributed by atoms with E-state index in [1.54, 1.807) is 6.92 Å². The summed E-state index contributed by atoms with van der Waals surface area (Å²) < 4.78 is 1.46. The second-order valence-corrected chi connectivity index (χ2v) is 5.40. The Labute approximate surface area is 123 Å². The molecular formula is C14H22N4O3. The van der Waals surface area contributed by atoms with E-state index in [1.165, 1.54) is 4.68 Å². The first-order valence-corrected chi connectivity index (χ1v) is 7.52. The van der Waals surface area contributed by atoms with Crippen LogP contribution < -0.4 is 0 Å². The number of rotatable bonds is 4. The predicted octanol–water partition coefficient (Wildman–Crippen LogP) is 1.50. The van der Waals surface area contributed by atoms with E-state index < -0.39 is 12.0 Å². The fourth-order valence-electron chi connectivity index (χ4n) is 2.78. The van der Waals surface area contributed by atoms with Crippen LogP contribution in [-0.2, 0) is 11.2 Å². The number of carboxylic acid groups (broad SMARTS) is 1. The first-order valence-electron chi connectivity index (χ1n) is 7.52. The number of aromatic carboxylic acids is 1. The lowest BCUT2D eigenvalue weighted by atomic mass is 10.2. The second kappa shape index (κ2) is 6.69. The maximum atomic E-state index is 12.6. The number of carbonyl (C=O) groups excluding carboxylic acids is 1. The summed E-state index contributed by atoms with van der Waals surface area (Å²) in [5.41, 5.74) is 0.436. The molecule has 1 saturated heterocycles. The van der Waals surface area contributed by atoms with Crippen LogP contribution in [0, 0.1) is 0 Å². The first kappa shape index (κ1) is 15.5. The molecule has 116 valence electrons. The highest BCUT2D eigenvalue weighted by Gasteiger charge is 2.27. The summed E-state index contributed by atoms with van der Waals surface area (Å²) in [5, 5.41) is 16.7. The molecule has 0 saturated carbocycles. The van der Waals surface area contributed by atoms with Crippen LogP contribution in [0.4, 0.5) is 0 Å². The van der Waals surface area contributed by atoms with Crippen molar-refractivity contribution in [3.8, 4) is 0 Å². The fraction of sp³-hybridized carbons (Fsp3) is 0.714. The average molecular weight is 294 g/mol. The molecule has 1 aliphatic heterocycles. The van der Waals surface area contributed by atoms with Gasteiger partial charge in [-0.05, 0) is 26.2 Å². The summed E-state index contributed by atoms with van der Waals surface area (Å²) in [6.45, 7) is 5.13. The minimum atomic E-state index is -1.10. The summed E-state index contributed by atoms with van der Waals surface area (Å²) in [5.74, 6) is -1.11. The van der Waals surface area contributed by atoms with Crippen molar-refractivity contribution in [1.29, 1.82) is 0 Å². The molecule has 1 aromatic rings. The van der Waals surface area contributed by atoms with Crippen molar-refractivity contribution in [2.24, 2.45) is 0 Å². The molecule has 21 heavy (non-hydrogen) atoms. The molecule has 7 nitrogen and oxygen atoms in total. The number of hydrogen-bond donors (Lipinski definition) is 1. The van der Waals surface area contributed by atoms with Gasteiger partial charge in [0.25, 0.3) is 0 Å². The minimum absolute atomic E-state index is 0.00608. The molecule has 0 aromatic carbocycles. The summed E-state index contributed by atoms with van der Waals surface area (Å²) >= 11 is 0. The molecule has 1 unspecified atom stereocenters. The molecule has 2 rings (SSSR count). The van der Waals surface area contributed by atoms with E-state index in [2.05, 4.69) is 10.3 Å². The Morgan fingerprint density at radius 2 is 1.86 bits per heavy atom. The summed E-state index contributed by atoms with van der Waals surface area (Å²) in [6, 6.07) is -0.515. The van der Waals surface area contributed by atoms with Gasteiger partial charge in [-0.2, -0.15) is 0 Å². The maximum absolute atomic E-state index is 12.6. The average Bonchev–Trinajstić information content (AvgIpc) is 2.72. The number of nitrogens with zero attached hydrogens (tertiary/aromatic N) is 4. The number of aromatic nitrogens is 3. The highest BCUT2D eigenvalue weighted by molar-refractivity contribution is 5.87. The quantitative estimate of drug-likeness (QED) is 0.909. The number of likely N-dealkylation sites (tertiary alicyclic amines) is 1. The van der Waals surface area contributed by atoms with E-state index in [4.69, 9.17) is 5.11 Å². The van der Waals surface area contributed by atoms with Crippen molar-refractivity contribution < 1.29 is 14.7 Å². The van der Waals surface area contributed by atoms with Crippen LogP contribution in [0.1, 0.15) is 61.8 Å². The Kier molecular flexibility index (Phi) is 4.93. The van der Waals surface area contributed by atoms with Gasteiger partial charge in [-0.3, -0.25) is 4.79 Å². The van der Waals surface area contributed by atoms with Crippen LogP contribution in [0.15, 0.2) is 0 Å². The van der Waals surface area contributed by atoms with Crippen molar-refractivity contribution in [3.05, 3.63) is 11.4 Å². The summed E-state index contributed by atoms with van der Waals surface area (Å²) in [7, 11) is 0. The van der Waals surface area contributed by atoms with Crippen LogP contribution in [0.25, 0.3) is 0 Å². The van der Waals surface area contributed by atoms with Crippen LogP contribution in [-0.4, -0.2) is 50.0 Å². The highest BCUT2D eigenvalue weighted by atomic mass is 16.4. The largest absolute Gasteiger partial charge is 0.476 e. The number of carbonyl (C=O) groups is 2. The van der Waals surface area contributed by atoms with E-state index in [-0.39, 0.29) is 11.6 Å². The van der Waals surface area contributed by atoms with Gasteiger partial charge < -0.3 is 10.0 Å². The van der Waals surface area contributed by atoms with Crippen LogP contribution >= 0.6 is 0 Å². The van der Waals surface area contributed by atoms with Crippen molar-refractivity contribution in [1.82, 2.24) is 19.9 Å². The summed E-state index contributed by atoms with van der Waals surface area (Å²) in [4.78, 5) is 25.6. The van der Waals surface area contributed by atoms with E-state index in [0.29, 0.717) is 12.1 Å². The zero-order valence-electron chi connectivity index (χ0n) is 12.6. The van der Waals surface area contributed by atoms with Gasteiger partial charge in [0.15, 0.2) is 5.69 Å². The molecule has 7 heteroatoms. The van der Waals surface area contributed by atoms with Gasteiger partial charge in [-0.15, -0.1) is 5.10 Å². The standard InChI is InChI=1S/C14H22N4O3/c1-3-11-12(14(20)21)15-16-18(11)10(2)13(19)17-8-6-4-5-7-9-17/h10H,3-9H2,1-2H3,(H,20,21). The summed E-state index contributed by atoms with van der Waals surface area (Å²) in [6.07, 6.45) is 4.84. The van der Waals surface area contributed by atoms with Crippen molar-refractivity contribution >= 4 is 11.9 Å². The Balaban J connectivity index is 2.20. The lowest BCUT2D eigenvalue weighted by Crippen LogP contribution is -2.37. The van der Waals surface area contributed by atoms with E-state index in [0.717, 1.165) is 38.8 Å². The molecule has 1 N–H and O–H groups in total. The van der Waals surface area contributed by atoms with Gasteiger partial charge >= 0.3 is 5.97 Å². The van der Waals surface area contributed by atoms with Crippen LogP contribution in [0.5, 0.6) is 0 Å². The van der Waals surface area contributed by atoms with Gasteiger partial charge in [0.05, 0.1) is 5.69 Å². The SMILES string of the molecule is CCc1c(C(=O)O)nnn1C(C)C(=O)N1CCCCCC1. The van der Waals surface area contributed by atoms with Gasteiger partial charge in [-0.1, -0.05) is 25.0 Å². The Morgan fingerprint density at radius 1 is 1.24 bits per heavy atom. The predicted molar refractivity (Wildman–Crippen MR) is 76.1 cm³/mol. The Bertz CT molecular complexity index is 518. The maximum Gasteiger partial charge on any atom is 0.358 e. The molecular weight excluding hydrogens is 272 g/mol. The topological polar surface area (TPSA) is 88.3 Å². The van der Waals surface area contributed by atoms with Crippen LogP contribution in [0.2, 0.25) is 0 Å². The number of amides is 1. The third-order valence-corrected chi connectivity index (χ3v) is 3.97. The molecule has 1 aliphatic rings. The number of hydrogen-bond acceptors (Lipinski definition) is 4. The molecule has 0 spiro atoms.